The molecule has 3 heterocycles. The Kier molecular flexibility index (Phi) is 2.18. The van der Waals surface area contributed by atoms with Crippen LogP contribution in [0.15, 0.2) is 0 Å². The van der Waals surface area contributed by atoms with Crippen LogP contribution in [0.4, 0.5) is 0 Å². The zero-order valence-electron chi connectivity index (χ0n) is 6.53. The minimum Gasteiger partial charge on any atom is -0.303 e. The van der Waals surface area contributed by atoms with E-state index in [-0.39, 0.29) is 0 Å². The molecule has 0 radical (unpaired) electrons. The zero-order chi connectivity index (χ0) is 7.68. The van der Waals surface area contributed by atoms with Gasteiger partial charge in [0.2, 0.25) is 0 Å². The van der Waals surface area contributed by atoms with E-state index in [2.05, 4.69) is 16.7 Å². The highest BCUT2D eigenvalue weighted by Gasteiger charge is 2.37. The van der Waals surface area contributed by atoms with Gasteiger partial charge in [-0.3, -0.25) is 0 Å². The fourth-order valence-electron chi connectivity index (χ4n) is 1.86. The monoisotopic (exact) mass is 171 g/mol. The first-order valence-electron chi connectivity index (χ1n) is 4.20. The van der Waals surface area contributed by atoms with Gasteiger partial charge >= 0.3 is 0 Å². The van der Waals surface area contributed by atoms with Crippen LogP contribution in [-0.4, -0.2) is 41.3 Å². The van der Waals surface area contributed by atoms with Crippen LogP contribution in [0.5, 0.6) is 0 Å². The summed E-state index contributed by atoms with van der Waals surface area (Å²) in [5.41, 5.74) is 0. The third kappa shape index (κ3) is 1.59. The topological polar surface area (TPSA) is 20.3 Å². The fourth-order valence-corrected chi connectivity index (χ4v) is 3.32. The molecule has 2 atom stereocenters. The molecule has 62 valence electrons. The van der Waals surface area contributed by atoms with Gasteiger partial charge in [0.1, 0.15) is 6.29 Å². The molecule has 0 N–H and O–H groups in total. The van der Waals surface area contributed by atoms with E-state index in [9.17, 15) is 4.79 Å². The minimum atomic E-state index is 0.712. The van der Waals surface area contributed by atoms with Gasteiger partial charge in [0, 0.05) is 36.6 Å². The van der Waals surface area contributed by atoms with E-state index in [0.29, 0.717) is 6.42 Å². The second-order valence-electron chi connectivity index (χ2n) is 3.33. The van der Waals surface area contributed by atoms with Crippen molar-refractivity contribution in [1.82, 2.24) is 4.90 Å². The maximum absolute atomic E-state index is 10.1. The van der Waals surface area contributed by atoms with Gasteiger partial charge in [0.15, 0.2) is 0 Å². The molecule has 0 aromatic heterocycles. The molecule has 0 saturated carbocycles. The van der Waals surface area contributed by atoms with Crippen molar-refractivity contribution >= 4 is 18.0 Å². The summed E-state index contributed by atoms with van der Waals surface area (Å²) < 4.78 is 0. The number of carbonyl (C=O) groups excluding carboxylic acids is 1. The van der Waals surface area contributed by atoms with Gasteiger partial charge < -0.3 is 9.69 Å². The molecule has 2 unspecified atom stereocenters. The average molecular weight is 171 g/mol. The molecule has 3 fully saturated rings. The lowest BCUT2D eigenvalue weighted by atomic mass is 10.1. The van der Waals surface area contributed by atoms with Gasteiger partial charge in [0.05, 0.1) is 0 Å². The number of nitrogens with zero attached hydrogens (tertiary/aromatic N) is 1. The van der Waals surface area contributed by atoms with Crippen LogP contribution >= 0.6 is 11.8 Å². The maximum atomic E-state index is 10.1. The Bertz CT molecular complexity index is 146. The highest BCUT2D eigenvalue weighted by atomic mass is 32.2. The van der Waals surface area contributed by atoms with E-state index >= 15 is 0 Å². The summed E-state index contributed by atoms with van der Waals surface area (Å²) in [6, 6.07) is 0. The van der Waals surface area contributed by atoms with Crippen LogP contribution in [0.3, 0.4) is 0 Å². The number of fused-ring (bicyclic) bond motifs is 2. The SMILES string of the molecule is O=CCCN1CC2CC(C1)S2. The first kappa shape index (κ1) is 7.62. The molecule has 11 heavy (non-hydrogen) atoms. The fraction of sp³-hybridized carbons (Fsp3) is 0.875. The number of hydrogen-bond acceptors (Lipinski definition) is 3. The van der Waals surface area contributed by atoms with E-state index in [1.807, 2.05) is 0 Å². The van der Waals surface area contributed by atoms with Gasteiger partial charge in [-0.05, 0) is 6.42 Å². The van der Waals surface area contributed by atoms with Crippen LogP contribution in [-0.2, 0) is 4.79 Å². The summed E-state index contributed by atoms with van der Waals surface area (Å²) in [6.07, 6.45) is 3.15. The lowest BCUT2D eigenvalue weighted by Gasteiger charge is -2.46. The molecular formula is C8H13NOS. The summed E-state index contributed by atoms with van der Waals surface area (Å²) in [6.45, 7) is 3.42. The minimum absolute atomic E-state index is 0.712. The van der Waals surface area contributed by atoms with Crippen molar-refractivity contribution in [2.45, 2.75) is 23.3 Å². The number of thioether (sulfide) groups is 1. The van der Waals surface area contributed by atoms with Gasteiger partial charge in [-0.1, -0.05) is 0 Å². The highest BCUT2D eigenvalue weighted by molar-refractivity contribution is 8.02. The van der Waals surface area contributed by atoms with Gasteiger partial charge in [-0.2, -0.15) is 11.8 Å². The predicted octanol–water partition coefficient (Wildman–Crippen LogP) is 0.765. The molecule has 0 amide bonds. The number of carbonyl (C=O) groups is 1. The second kappa shape index (κ2) is 3.15. The quantitative estimate of drug-likeness (QED) is 0.585. The Balaban J connectivity index is 1.74. The average Bonchev–Trinajstić information content (AvgIpc) is 2.00. The van der Waals surface area contributed by atoms with Crippen molar-refractivity contribution in [3.8, 4) is 0 Å². The van der Waals surface area contributed by atoms with Crippen molar-refractivity contribution < 1.29 is 4.79 Å². The summed E-state index contributed by atoms with van der Waals surface area (Å²) in [7, 11) is 0. The van der Waals surface area contributed by atoms with E-state index in [4.69, 9.17) is 0 Å². The normalized spacial score (nSPS) is 36.4. The number of hydrogen-bond donors (Lipinski definition) is 0. The van der Waals surface area contributed by atoms with Crippen molar-refractivity contribution in [3.63, 3.8) is 0 Å². The molecule has 3 aliphatic rings. The standard InChI is InChI=1S/C8H13NOS/c10-3-1-2-9-5-7-4-8(6-9)11-7/h3,7-8H,1-2,4-6H2. The molecule has 3 aliphatic heterocycles. The van der Waals surface area contributed by atoms with Crippen molar-refractivity contribution in [3.05, 3.63) is 0 Å². The Morgan fingerprint density at radius 3 is 2.64 bits per heavy atom. The molecule has 3 heteroatoms. The third-order valence-corrected chi connectivity index (χ3v) is 3.85. The van der Waals surface area contributed by atoms with E-state index < -0.39 is 0 Å². The summed E-state index contributed by atoms with van der Waals surface area (Å²) in [5.74, 6) is 0. The van der Waals surface area contributed by atoms with E-state index in [1.54, 1.807) is 0 Å². The number of rotatable bonds is 3. The first-order valence-corrected chi connectivity index (χ1v) is 5.14. The zero-order valence-corrected chi connectivity index (χ0v) is 7.35. The molecule has 3 rings (SSSR count). The van der Waals surface area contributed by atoms with Crippen LogP contribution in [0.1, 0.15) is 12.8 Å². The Morgan fingerprint density at radius 1 is 1.45 bits per heavy atom. The van der Waals surface area contributed by atoms with Crippen LogP contribution in [0.25, 0.3) is 0 Å². The van der Waals surface area contributed by atoms with Crippen molar-refractivity contribution in [2.75, 3.05) is 19.6 Å². The van der Waals surface area contributed by atoms with Gasteiger partial charge in [-0.25, -0.2) is 0 Å². The molecule has 0 aliphatic carbocycles. The highest BCUT2D eigenvalue weighted by Crippen LogP contribution is 2.41. The Hall–Kier alpha value is -0.0200. The Morgan fingerprint density at radius 2 is 2.09 bits per heavy atom. The molecule has 2 bridgehead atoms. The molecule has 0 aromatic carbocycles. The van der Waals surface area contributed by atoms with Gasteiger partial charge in [-0.15, -0.1) is 0 Å². The smallest absolute Gasteiger partial charge is 0.121 e. The van der Waals surface area contributed by atoms with Crippen LogP contribution < -0.4 is 0 Å². The molecule has 0 aromatic rings. The molecule has 3 saturated heterocycles. The van der Waals surface area contributed by atoms with Gasteiger partial charge in [0.25, 0.3) is 0 Å². The van der Waals surface area contributed by atoms with Crippen LogP contribution in [0.2, 0.25) is 0 Å². The summed E-state index contributed by atoms with van der Waals surface area (Å²) in [5, 5.41) is 1.78. The van der Waals surface area contributed by atoms with Crippen molar-refractivity contribution in [1.29, 1.82) is 0 Å². The predicted molar refractivity (Wildman–Crippen MR) is 46.9 cm³/mol. The van der Waals surface area contributed by atoms with E-state index in [1.165, 1.54) is 19.5 Å². The largest absolute Gasteiger partial charge is 0.303 e. The Labute approximate surface area is 71.3 Å². The molecular weight excluding hydrogens is 158 g/mol. The molecule has 2 nitrogen and oxygen atoms in total. The maximum Gasteiger partial charge on any atom is 0.121 e. The van der Waals surface area contributed by atoms with Crippen molar-refractivity contribution in [2.24, 2.45) is 0 Å². The van der Waals surface area contributed by atoms with Crippen LogP contribution in [0, 0.1) is 0 Å². The van der Waals surface area contributed by atoms with E-state index in [0.717, 1.165) is 23.3 Å². The number of piperidine rings is 1. The summed E-state index contributed by atoms with van der Waals surface area (Å²) in [4.78, 5) is 12.5. The lowest BCUT2D eigenvalue weighted by molar-refractivity contribution is -0.108. The third-order valence-electron chi connectivity index (χ3n) is 2.40. The number of aldehydes is 1. The second-order valence-corrected chi connectivity index (χ2v) is 4.94. The molecule has 0 spiro atoms. The lowest BCUT2D eigenvalue weighted by Crippen LogP contribution is -2.51. The first-order chi connectivity index (χ1) is 5.38. The summed E-state index contributed by atoms with van der Waals surface area (Å²) >= 11 is 2.12.